The molecular formula is C16H14F2N6. The Hall–Kier alpha value is -2.90. The Labute approximate surface area is 136 Å². The Kier molecular flexibility index (Phi) is 3.26. The molecule has 3 aromatic heterocycles. The van der Waals surface area contributed by atoms with Crippen molar-refractivity contribution in [1.29, 1.82) is 0 Å². The fourth-order valence-corrected chi connectivity index (χ4v) is 3.02. The third kappa shape index (κ3) is 2.31. The Bertz CT molecular complexity index is 962. The number of anilines is 1. The van der Waals surface area contributed by atoms with Gasteiger partial charge in [0.05, 0.1) is 28.8 Å². The van der Waals surface area contributed by atoms with E-state index < -0.39 is 12.3 Å². The first-order valence-electron chi connectivity index (χ1n) is 7.47. The van der Waals surface area contributed by atoms with Crippen molar-refractivity contribution in [3.05, 3.63) is 36.3 Å². The van der Waals surface area contributed by atoms with Crippen LogP contribution in [0.4, 0.5) is 20.4 Å². The molecule has 1 aliphatic rings. The van der Waals surface area contributed by atoms with Gasteiger partial charge in [0.1, 0.15) is 0 Å². The predicted molar refractivity (Wildman–Crippen MR) is 86.8 cm³/mol. The molecule has 1 aliphatic heterocycles. The van der Waals surface area contributed by atoms with Crippen LogP contribution in [0.2, 0.25) is 0 Å². The lowest BCUT2D eigenvalue weighted by atomic mass is 9.97. The average molecular weight is 328 g/mol. The molecule has 0 bridgehead atoms. The molecule has 0 aliphatic carbocycles. The van der Waals surface area contributed by atoms with E-state index in [9.17, 15) is 8.78 Å². The quantitative estimate of drug-likeness (QED) is 0.800. The molecule has 0 amide bonds. The highest BCUT2D eigenvalue weighted by Gasteiger charge is 2.29. The van der Waals surface area contributed by atoms with Crippen LogP contribution in [0.1, 0.15) is 25.0 Å². The Balaban J connectivity index is 1.80. The molecule has 0 radical (unpaired) electrons. The van der Waals surface area contributed by atoms with Crippen molar-refractivity contribution in [2.45, 2.75) is 25.7 Å². The third-order valence-electron chi connectivity index (χ3n) is 4.16. The van der Waals surface area contributed by atoms with Gasteiger partial charge in [0, 0.05) is 29.8 Å². The summed E-state index contributed by atoms with van der Waals surface area (Å²) in [6.07, 6.45) is 0.707. The largest absolute Gasteiger partial charge is 0.367 e. The lowest BCUT2D eigenvalue weighted by Crippen LogP contribution is -2.10. The standard InChI is InChI=1S/C16H14F2N6/c1-8-10(6-14(17)18)15-12(21-8)3-2-11(22-15)9-4-5-24-13(9)7-20-16(19)23-24/h2-5,7,10,14H,6H2,1H3,(H2,19,23). The second-order valence-electron chi connectivity index (χ2n) is 5.71. The molecular weight excluding hydrogens is 314 g/mol. The highest BCUT2D eigenvalue weighted by Crippen LogP contribution is 2.39. The first-order valence-corrected chi connectivity index (χ1v) is 7.47. The van der Waals surface area contributed by atoms with Gasteiger partial charge in [-0.1, -0.05) is 0 Å². The number of nitrogens with two attached hydrogens (primary N) is 1. The number of aromatic nitrogens is 4. The highest BCUT2D eigenvalue weighted by molar-refractivity contribution is 5.96. The summed E-state index contributed by atoms with van der Waals surface area (Å²) in [7, 11) is 0. The minimum atomic E-state index is -2.40. The third-order valence-corrected chi connectivity index (χ3v) is 4.16. The van der Waals surface area contributed by atoms with Gasteiger partial charge in [0.25, 0.3) is 0 Å². The van der Waals surface area contributed by atoms with Crippen LogP contribution in [0, 0.1) is 0 Å². The SMILES string of the molecule is CC1=Nc2ccc(-c3ccn4nc(N)ncc34)nc2C1CC(F)F. The van der Waals surface area contributed by atoms with E-state index in [4.69, 9.17) is 5.73 Å². The molecule has 8 heteroatoms. The van der Waals surface area contributed by atoms with Crippen molar-refractivity contribution in [3.8, 4) is 11.3 Å². The maximum atomic E-state index is 12.9. The van der Waals surface area contributed by atoms with E-state index in [-0.39, 0.29) is 12.4 Å². The zero-order chi connectivity index (χ0) is 16.8. The zero-order valence-corrected chi connectivity index (χ0v) is 12.8. The fourth-order valence-electron chi connectivity index (χ4n) is 3.02. The van der Waals surface area contributed by atoms with Crippen molar-refractivity contribution >= 4 is 22.9 Å². The summed E-state index contributed by atoms with van der Waals surface area (Å²) < 4.78 is 27.3. The van der Waals surface area contributed by atoms with Gasteiger partial charge in [0.2, 0.25) is 12.4 Å². The average Bonchev–Trinajstić information content (AvgIpc) is 3.08. The predicted octanol–water partition coefficient (Wildman–Crippen LogP) is 3.22. The van der Waals surface area contributed by atoms with Gasteiger partial charge in [-0.05, 0) is 25.1 Å². The van der Waals surface area contributed by atoms with Gasteiger partial charge < -0.3 is 5.73 Å². The molecule has 0 saturated carbocycles. The van der Waals surface area contributed by atoms with E-state index in [1.807, 2.05) is 18.2 Å². The van der Waals surface area contributed by atoms with Gasteiger partial charge in [-0.3, -0.25) is 4.99 Å². The number of fused-ring (bicyclic) bond motifs is 2. The smallest absolute Gasteiger partial charge is 0.239 e. The first-order chi connectivity index (χ1) is 11.5. The number of nitrogen functional groups attached to an aromatic ring is 1. The molecule has 4 rings (SSSR count). The van der Waals surface area contributed by atoms with Crippen molar-refractivity contribution in [3.63, 3.8) is 0 Å². The number of pyridine rings is 1. The van der Waals surface area contributed by atoms with Gasteiger partial charge >= 0.3 is 0 Å². The van der Waals surface area contributed by atoms with Gasteiger partial charge in [0.15, 0.2) is 0 Å². The molecule has 2 N–H and O–H groups in total. The molecule has 3 aromatic rings. The molecule has 122 valence electrons. The summed E-state index contributed by atoms with van der Waals surface area (Å²) in [5, 5.41) is 4.09. The number of halogens is 2. The number of alkyl halides is 2. The summed E-state index contributed by atoms with van der Waals surface area (Å²) in [5.74, 6) is -0.270. The number of nitrogens with zero attached hydrogens (tertiary/aromatic N) is 5. The summed E-state index contributed by atoms with van der Waals surface area (Å²) in [6.45, 7) is 1.76. The topological polar surface area (TPSA) is 81.5 Å². The van der Waals surface area contributed by atoms with Crippen LogP contribution in [-0.2, 0) is 0 Å². The lowest BCUT2D eigenvalue weighted by molar-refractivity contribution is 0.135. The van der Waals surface area contributed by atoms with E-state index >= 15 is 0 Å². The zero-order valence-electron chi connectivity index (χ0n) is 12.8. The molecule has 0 fully saturated rings. The van der Waals surface area contributed by atoms with E-state index in [0.717, 1.165) is 11.1 Å². The van der Waals surface area contributed by atoms with Crippen LogP contribution in [0.15, 0.2) is 35.6 Å². The van der Waals surface area contributed by atoms with Crippen LogP contribution in [-0.4, -0.2) is 31.7 Å². The summed E-state index contributed by atoms with van der Waals surface area (Å²) in [4.78, 5) is 13.0. The second-order valence-corrected chi connectivity index (χ2v) is 5.71. The monoisotopic (exact) mass is 328 g/mol. The van der Waals surface area contributed by atoms with E-state index in [2.05, 4.69) is 20.1 Å². The number of rotatable bonds is 3. The van der Waals surface area contributed by atoms with Crippen LogP contribution in [0.5, 0.6) is 0 Å². The van der Waals surface area contributed by atoms with Crippen LogP contribution >= 0.6 is 0 Å². The molecule has 24 heavy (non-hydrogen) atoms. The molecule has 0 aromatic carbocycles. The van der Waals surface area contributed by atoms with Crippen molar-refractivity contribution < 1.29 is 8.78 Å². The molecule has 1 unspecified atom stereocenters. The lowest BCUT2D eigenvalue weighted by Gasteiger charge is -2.11. The fraction of sp³-hybridized carbons (Fsp3) is 0.250. The van der Waals surface area contributed by atoms with Crippen molar-refractivity contribution in [1.82, 2.24) is 19.6 Å². The van der Waals surface area contributed by atoms with Crippen molar-refractivity contribution in [2.75, 3.05) is 5.73 Å². The number of hydrogen-bond donors (Lipinski definition) is 1. The van der Waals surface area contributed by atoms with E-state index in [1.54, 1.807) is 23.8 Å². The van der Waals surface area contributed by atoms with Crippen LogP contribution < -0.4 is 5.73 Å². The molecule has 4 heterocycles. The Morgan fingerprint density at radius 2 is 2.12 bits per heavy atom. The number of hydrogen-bond acceptors (Lipinski definition) is 5. The maximum absolute atomic E-state index is 12.9. The Morgan fingerprint density at radius 3 is 2.92 bits per heavy atom. The van der Waals surface area contributed by atoms with Crippen LogP contribution in [0.25, 0.3) is 16.8 Å². The minimum Gasteiger partial charge on any atom is -0.367 e. The molecule has 0 saturated heterocycles. The summed E-state index contributed by atoms with van der Waals surface area (Å²) in [5.41, 5.74) is 9.75. The van der Waals surface area contributed by atoms with Gasteiger partial charge in [-0.25, -0.2) is 23.3 Å². The Morgan fingerprint density at radius 1 is 1.29 bits per heavy atom. The molecule has 6 nitrogen and oxygen atoms in total. The maximum Gasteiger partial charge on any atom is 0.239 e. The first kappa shape index (κ1) is 14.7. The second kappa shape index (κ2) is 5.33. The summed E-state index contributed by atoms with van der Waals surface area (Å²) >= 11 is 0. The number of aliphatic imine (C=N–C) groups is 1. The highest BCUT2D eigenvalue weighted by atomic mass is 19.3. The van der Waals surface area contributed by atoms with Crippen LogP contribution in [0.3, 0.4) is 0 Å². The van der Waals surface area contributed by atoms with E-state index in [0.29, 0.717) is 22.8 Å². The van der Waals surface area contributed by atoms with Gasteiger partial charge in [-0.15, -0.1) is 5.10 Å². The van der Waals surface area contributed by atoms with E-state index in [1.165, 1.54) is 0 Å². The molecule has 1 atom stereocenters. The summed E-state index contributed by atoms with van der Waals surface area (Å²) in [6, 6.07) is 5.49. The van der Waals surface area contributed by atoms with Gasteiger partial charge in [-0.2, -0.15) is 0 Å². The minimum absolute atomic E-state index is 0.174. The molecule has 0 spiro atoms. The normalized spacial score (nSPS) is 16.7. The van der Waals surface area contributed by atoms with Crippen molar-refractivity contribution in [2.24, 2.45) is 4.99 Å².